The minimum absolute atomic E-state index is 0.118. The first kappa shape index (κ1) is 16.8. The fourth-order valence-corrected chi connectivity index (χ4v) is 2.41. The zero-order valence-corrected chi connectivity index (χ0v) is 13.3. The van der Waals surface area contributed by atoms with Gasteiger partial charge in [0.15, 0.2) is 6.10 Å². The highest BCUT2D eigenvalue weighted by molar-refractivity contribution is 6.16. The van der Waals surface area contributed by atoms with Crippen molar-refractivity contribution in [3.05, 3.63) is 29.8 Å². The number of nitrogens with zero attached hydrogens (tertiary/aromatic N) is 1. The highest BCUT2D eigenvalue weighted by Crippen LogP contribution is 2.45. The SMILES string of the molecule is CCOC(=O)C1(C(=O)OCC)C=NOC1c1ccccc1OC. The molecule has 0 aliphatic carbocycles. The van der Waals surface area contributed by atoms with Crippen molar-refractivity contribution in [2.45, 2.75) is 20.0 Å². The summed E-state index contributed by atoms with van der Waals surface area (Å²) in [5, 5.41) is 3.69. The topological polar surface area (TPSA) is 83.4 Å². The molecule has 0 aromatic heterocycles. The van der Waals surface area contributed by atoms with Crippen LogP contribution in [0.25, 0.3) is 0 Å². The first-order valence-corrected chi connectivity index (χ1v) is 7.29. The Kier molecular flexibility index (Phi) is 5.20. The number of methoxy groups -OCH3 is 1. The lowest BCUT2D eigenvalue weighted by Crippen LogP contribution is -2.46. The van der Waals surface area contributed by atoms with Crippen molar-refractivity contribution in [1.29, 1.82) is 0 Å². The van der Waals surface area contributed by atoms with Crippen molar-refractivity contribution in [3.8, 4) is 5.75 Å². The average Bonchev–Trinajstić information content (AvgIpc) is 3.01. The van der Waals surface area contributed by atoms with Crippen LogP contribution in [-0.4, -0.2) is 38.5 Å². The largest absolute Gasteiger partial charge is 0.496 e. The fraction of sp³-hybridized carbons (Fsp3) is 0.438. The molecule has 0 saturated carbocycles. The molecule has 7 nitrogen and oxygen atoms in total. The summed E-state index contributed by atoms with van der Waals surface area (Å²) in [6, 6.07) is 6.93. The lowest BCUT2D eigenvalue weighted by atomic mass is 9.80. The molecule has 1 aliphatic rings. The molecule has 1 aromatic carbocycles. The Morgan fingerprint density at radius 2 is 1.78 bits per heavy atom. The van der Waals surface area contributed by atoms with Gasteiger partial charge in [-0.3, -0.25) is 9.59 Å². The molecule has 124 valence electrons. The predicted molar refractivity (Wildman–Crippen MR) is 81.0 cm³/mol. The van der Waals surface area contributed by atoms with Crippen LogP contribution in [0.2, 0.25) is 0 Å². The van der Waals surface area contributed by atoms with E-state index in [4.69, 9.17) is 19.0 Å². The number of ether oxygens (including phenoxy) is 3. The Labute approximate surface area is 134 Å². The number of hydrogen-bond acceptors (Lipinski definition) is 7. The van der Waals surface area contributed by atoms with Crippen molar-refractivity contribution in [3.63, 3.8) is 0 Å². The number of carbonyl (C=O) groups excluding carboxylic acids is 2. The van der Waals surface area contributed by atoms with Gasteiger partial charge < -0.3 is 19.0 Å². The maximum atomic E-state index is 12.5. The smallest absolute Gasteiger partial charge is 0.333 e. The van der Waals surface area contributed by atoms with E-state index in [1.54, 1.807) is 38.1 Å². The molecule has 0 spiro atoms. The highest BCUT2D eigenvalue weighted by atomic mass is 16.7. The van der Waals surface area contributed by atoms with Gasteiger partial charge in [-0.25, -0.2) is 0 Å². The number of benzene rings is 1. The number of rotatable bonds is 6. The van der Waals surface area contributed by atoms with Crippen LogP contribution < -0.4 is 4.74 Å². The molecule has 0 fully saturated rings. The number of oxime groups is 1. The van der Waals surface area contributed by atoms with E-state index in [1.807, 2.05) is 0 Å². The van der Waals surface area contributed by atoms with Crippen LogP contribution in [0.5, 0.6) is 5.75 Å². The summed E-state index contributed by atoms with van der Waals surface area (Å²) in [5.74, 6) is -1.06. The number of esters is 2. The predicted octanol–water partition coefficient (Wildman–Crippen LogP) is 1.86. The number of carbonyl (C=O) groups is 2. The highest BCUT2D eigenvalue weighted by Gasteiger charge is 2.60. The van der Waals surface area contributed by atoms with Gasteiger partial charge in [0.05, 0.1) is 26.5 Å². The Morgan fingerprint density at radius 3 is 2.35 bits per heavy atom. The van der Waals surface area contributed by atoms with E-state index in [2.05, 4.69) is 5.16 Å². The van der Waals surface area contributed by atoms with E-state index in [0.29, 0.717) is 11.3 Å². The van der Waals surface area contributed by atoms with Crippen LogP contribution in [0.3, 0.4) is 0 Å². The summed E-state index contributed by atoms with van der Waals surface area (Å²) in [5.41, 5.74) is -1.28. The average molecular weight is 321 g/mol. The standard InChI is InChI=1S/C16H19NO6/c1-4-21-14(18)16(15(19)22-5-2)10-17-23-13(16)11-8-6-7-9-12(11)20-3/h6-10,13H,4-5H2,1-3H3. The summed E-state index contributed by atoms with van der Waals surface area (Å²) < 4.78 is 15.4. The van der Waals surface area contributed by atoms with Crippen molar-refractivity contribution >= 4 is 18.2 Å². The molecule has 0 N–H and O–H groups in total. The summed E-state index contributed by atoms with van der Waals surface area (Å²) in [7, 11) is 1.49. The second kappa shape index (κ2) is 7.13. The van der Waals surface area contributed by atoms with Crippen molar-refractivity contribution in [1.82, 2.24) is 0 Å². The van der Waals surface area contributed by atoms with E-state index in [0.717, 1.165) is 6.21 Å². The van der Waals surface area contributed by atoms with Crippen molar-refractivity contribution in [2.24, 2.45) is 10.6 Å². The van der Waals surface area contributed by atoms with E-state index in [1.165, 1.54) is 7.11 Å². The van der Waals surface area contributed by atoms with Gasteiger partial charge in [0.2, 0.25) is 5.41 Å². The summed E-state index contributed by atoms with van der Waals surface area (Å²) in [6.45, 7) is 3.54. The van der Waals surface area contributed by atoms with Crippen LogP contribution in [-0.2, 0) is 23.9 Å². The Morgan fingerprint density at radius 1 is 1.17 bits per heavy atom. The van der Waals surface area contributed by atoms with Crippen molar-refractivity contribution in [2.75, 3.05) is 20.3 Å². The molecule has 1 unspecified atom stereocenters. The van der Waals surface area contributed by atoms with Gasteiger partial charge in [0.25, 0.3) is 0 Å². The molecule has 1 aliphatic heterocycles. The zero-order valence-electron chi connectivity index (χ0n) is 13.3. The second-order valence-corrected chi connectivity index (χ2v) is 4.77. The fourth-order valence-electron chi connectivity index (χ4n) is 2.41. The summed E-state index contributed by atoms with van der Waals surface area (Å²) >= 11 is 0. The maximum absolute atomic E-state index is 12.5. The van der Waals surface area contributed by atoms with E-state index >= 15 is 0 Å². The van der Waals surface area contributed by atoms with Gasteiger partial charge in [0.1, 0.15) is 5.75 Å². The van der Waals surface area contributed by atoms with Crippen LogP contribution >= 0.6 is 0 Å². The monoisotopic (exact) mass is 321 g/mol. The van der Waals surface area contributed by atoms with Crippen LogP contribution in [0, 0.1) is 5.41 Å². The van der Waals surface area contributed by atoms with Crippen LogP contribution in [0.15, 0.2) is 29.4 Å². The second-order valence-electron chi connectivity index (χ2n) is 4.77. The molecular weight excluding hydrogens is 302 g/mol. The molecule has 1 atom stereocenters. The van der Waals surface area contributed by atoms with Gasteiger partial charge in [-0.15, -0.1) is 0 Å². The van der Waals surface area contributed by atoms with Gasteiger partial charge in [-0.2, -0.15) is 0 Å². The van der Waals surface area contributed by atoms with Crippen LogP contribution in [0.4, 0.5) is 0 Å². The van der Waals surface area contributed by atoms with E-state index in [-0.39, 0.29) is 13.2 Å². The third kappa shape index (κ3) is 2.86. The minimum atomic E-state index is -1.79. The molecule has 7 heteroatoms. The third-order valence-electron chi connectivity index (χ3n) is 3.48. The Hall–Kier alpha value is -2.57. The maximum Gasteiger partial charge on any atom is 0.333 e. The summed E-state index contributed by atoms with van der Waals surface area (Å²) in [6.07, 6.45) is 0.122. The Balaban J connectivity index is 2.52. The van der Waals surface area contributed by atoms with Crippen LogP contribution in [0.1, 0.15) is 25.5 Å². The molecule has 1 heterocycles. The molecule has 0 saturated heterocycles. The normalized spacial score (nSPS) is 18.1. The molecule has 0 bridgehead atoms. The first-order chi connectivity index (χ1) is 11.1. The lowest BCUT2D eigenvalue weighted by molar-refractivity contribution is -0.173. The molecule has 1 aromatic rings. The third-order valence-corrected chi connectivity index (χ3v) is 3.48. The quantitative estimate of drug-likeness (QED) is 0.587. The van der Waals surface area contributed by atoms with Crippen molar-refractivity contribution < 1.29 is 28.6 Å². The molecule has 2 rings (SSSR count). The number of para-hydroxylation sites is 1. The number of hydrogen-bond donors (Lipinski definition) is 0. The van der Waals surface area contributed by atoms with Gasteiger partial charge in [-0.05, 0) is 19.9 Å². The molecule has 0 radical (unpaired) electrons. The minimum Gasteiger partial charge on any atom is -0.496 e. The lowest BCUT2D eigenvalue weighted by Gasteiger charge is -2.27. The molecule has 0 amide bonds. The van der Waals surface area contributed by atoms with E-state index < -0.39 is 23.5 Å². The first-order valence-electron chi connectivity index (χ1n) is 7.29. The zero-order chi connectivity index (χ0) is 16.9. The van der Waals surface area contributed by atoms with Gasteiger partial charge in [-0.1, -0.05) is 23.4 Å². The Bertz CT molecular complexity index is 594. The van der Waals surface area contributed by atoms with Gasteiger partial charge in [0, 0.05) is 5.56 Å². The molecular formula is C16H19NO6. The van der Waals surface area contributed by atoms with E-state index in [9.17, 15) is 9.59 Å². The molecule has 23 heavy (non-hydrogen) atoms. The summed E-state index contributed by atoms with van der Waals surface area (Å²) in [4.78, 5) is 30.4. The van der Waals surface area contributed by atoms with Gasteiger partial charge >= 0.3 is 11.9 Å².